The minimum Gasteiger partial charge on any atom is -0.288 e. The van der Waals surface area contributed by atoms with Crippen molar-refractivity contribution in [3.05, 3.63) is 98.9 Å². The molecule has 0 unspecified atom stereocenters. The molecule has 0 amide bonds. The molecule has 0 aliphatic carbocycles. The monoisotopic (exact) mass is 458 g/mol. The molecular formula is C22H11ClF4N4O. The molecule has 4 rings (SSSR count). The number of nitrogens with zero attached hydrogens (tertiary/aromatic N) is 3. The Morgan fingerprint density at radius 1 is 1.00 bits per heavy atom. The second-order valence-electron chi connectivity index (χ2n) is 6.51. The number of rotatable bonds is 2. The van der Waals surface area contributed by atoms with Crippen LogP contribution in [0.25, 0.3) is 17.1 Å². The van der Waals surface area contributed by atoms with Gasteiger partial charge in [0.05, 0.1) is 21.8 Å². The zero-order valence-electron chi connectivity index (χ0n) is 15.9. The molecule has 32 heavy (non-hydrogen) atoms. The van der Waals surface area contributed by atoms with Gasteiger partial charge in [-0.3, -0.25) is 4.98 Å². The second-order valence-corrected chi connectivity index (χ2v) is 6.92. The first-order valence-corrected chi connectivity index (χ1v) is 9.39. The summed E-state index contributed by atoms with van der Waals surface area (Å²) in [4.78, 5) is 18.5. The lowest BCUT2D eigenvalue weighted by Crippen LogP contribution is -2.15. The smallest absolute Gasteiger partial charge is 0.288 e. The van der Waals surface area contributed by atoms with E-state index in [9.17, 15) is 22.4 Å². The quantitative estimate of drug-likeness (QED) is 0.345. The first-order chi connectivity index (χ1) is 15.2. The van der Waals surface area contributed by atoms with E-state index < -0.39 is 23.2 Å². The van der Waals surface area contributed by atoms with Gasteiger partial charge in [-0.2, -0.15) is 17.9 Å². The summed E-state index contributed by atoms with van der Waals surface area (Å²) in [7, 11) is 0. The van der Waals surface area contributed by atoms with Crippen LogP contribution in [0.1, 0.15) is 16.8 Å². The number of H-pyrrole nitrogens is 1. The molecule has 0 saturated heterocycles. The van der Waals surface area contributed by atoms with Gasteiger partial charge in [-0.05, 0) is 54.5 Å². The molecule has 0 bridgehead atoms. The van der Waals surface area contributed by atoms with E-state index in [1.54, 1.807) is 24.3 Å². The molecule has 0 aliphatic rings. The van der Waals surface area contributed by atoms with Crippen LogP contribution in [-0.2, 0) is 6.18 Å². The number of nitrogens with one attached hydrogen (secondary N) is 1. The van der Waals surface area contributed by atoms with Crippen LogP contribution < -0.4 is 5.69 Å². The van der Waals surface area contributed by atoms with Crippen molar-refractivity contribution >= 4 is 11.6 Å². The van der Waals surface area contributed by atoms with Crippen molar-refractivity contribution in [1.82, 2.24) is 19.7 Å². The normalized spacial score (nSPS) is 11.2. The molecule has 0 atom stereocenters. The summed E-state index contributed by atoms with van der Waals surface area (Å²) in [5.41, 5.74) is -0.354. The standard InChI is InChI=1S/C22H11ClF4N4O/c23-17-2-1-3-18(24)19(17)20-29-21(32)31(30-20)16-10-5-13(6-11-16)4-8-15-9-7-14(12-28-15)22(25,26)27/h1-3,5-7,9-12H,(H,29,30,32). The highest BCUT2D eigenvalue weighted by Gasteiger charge is 2.30. The van der Waals surface area contributed by atoms with Crippen molar-refractivity contribution in [3.63, 3.8) is 0 Å². The summed E-state index contributed by atoms with van der Waals surface area (Å²) in [6.07, 6.45) is -3.74. The highest BCUT2D eigenvalue weighted by molar-refractivity contribution is 6.33. The molecule has 10 heteroatoms. The summed E-state index contributed by atoms with van der Waals surface area (Å²) >= 11 is 6.02. The fraction of sp³-hybridized carbons (Fsp3) is 0.0455. The predicted molar refractivity (Wildman–Crippen MR) is 110 cm³/mol. The predicted octanol–water partition coefficient (Wildman–Crippen LogP) is 4.83. The molecule has 0 spiro atoms. The maximum absolute atomic E-state index is 14.1. The van der Waals surface area contributed by atoms with Gasteiger partial charge in [0.25, 0.3) is 0 Å². The molecule has 0 radical (unpaired) electrons. The van der Waals surface area contributed by atoms with Crippen molar-refractivity contribution in [3.8, 4) is 28.9 Å². The molecule has 2 heterocycles. The average Bonchev–Trinajstić information content (AvgIpc) is 3.13. The SMILES string of the molecule is O=c1[nH]c(-c2c(F)cccc2Cl)nn1-c1ccc(C#Cc2ccc(C(F)(F)F)cn2)cc1. The van der Waals surface area contributed by atoms with Crippen LogP contribution in [0.3, 0.4) is 0 Å². The fourth-order valence-electron chi connectivity index (χ4n) is 2.79. The average molecular weight is 459 g/mol. The Balaban J connectivity index is 1.57. The molecule has 2 aromatic heterocycles. The Labute approximate surface area is 183 Å². The van der Waals surface area contributed by atoms with Crippen molar-refractivity contribution in [1.29, 1.82) is 0 Å². The van der Waals surface area contributed by atoms with E-state index in [0.717, 1.165) is 16.9 Å². The number of hydrogen-bond donors (Lipinski definition) is 1. The van der Waals surface area contributed by atoms with Gasteiger partial charge in [0.15, 0.2) is 5.82 Å². The Bertz CT molecular complexity index is 1380. The molecule has 0 fully saturated rings. The van der Waals surface area contributed by atoms with Crippen LogP contribution >= 0.6 is 11.6 Å². The molecule has 0 saturated carbocycles. The molecule has 2 aromatic carbocycles. The molecule has 1 N–H and O–H groups in total. The molecule has 4 aromatic rings. The third-order valence-corrected chi connectivity index (χ3v) is 4.67. The fourth-order valence-corrected chi connectivity index (χ4v) is 3.05. The topological polar surface area (TPSA) is 63.6 Å². The number of benzene rings is 2. The lowest BCUT2D eigenvalue weighted by Gasteiger charge is -2.04. The highest BCUT2D eigenvalue weighted by atomic mass is 35.5. The first-order valence-electron chi connectivity index (χ1n) is 9.02. The summed E-state index contributed by atoms with van der Waals surface area (Å²) in [5.74, 6) is 4.81. The van der Waals surface area contributed by atoms with Gasteiger partial charge in [0.2, 0.25) is 0 Å². The molecule has 5 nitrogen and oxygen atoms in total. The minimum absolute atomic E-state index is 0.0171. The van der Waals surface area contributed by atoms with E-state index in [-0.39, 0.29) is 22.1 Å². The van der Waals surface area contributed by atoms with E-state index in [0.29, 0.717) is 11.3 Å². The highest BCUT2D eigenvalue weighted by Crippen LogP contribution is 2.28. The first kappa shape index (κ1) is 21.3. The summed E-state index contributed by atoms with van der Waals surface area (Å²) in [6.45, 7) is 0. The van der Waals surface area contributed by atoms with Crippen molar-refractivity contribution in [2.24, 2.45) is 0 Å². The summed E-state index contributed by atoms with van der Waals surface area (Å²) in [6, 6.07) is 12.6. The number of pyridine rings is 1. The molecule has 160 valence electrons. The Hall–Kier alpha value is -3.90. The Morgan fingerprint density at radius 3 is 2.38 bits per heavy atom. The molecule has 0 aliphatic heterocycles. The lowest BCUT2D eigenvalue weighted by atomic mass is 10.2. The maximum Gasteiger partial charge on any atom is 0.417 e. The third kappa shape index (κ3) is 4.40. The van der Waals surface area contributed by atoms with Gasteiger partial charge in [0, 0.05) is 11.8 Å². The van der Waals surface area contributed by atoms with Gasteiger partial charge < -0.3 is 0 Å². The van der Waals surface area contributed by atoms with Gasteiger partial charge in [-0.1, -0.05) is 23.6 Å². The lowest BCUT2D eigenvalue weighted by molar-refractivity contribution is -0.137. The molecular weight excluding hydrogens is 448 g/mol. The third-order valence-electron chi connectivity index (χ3n) is 4.35. The van der Waals surface area contributed by atoms with E-state index in [1.165, 1.54) is 24.3 Å². The zero-order valence-corrected chi connectivity index (χ0v) is 16.7. The van der Waals surface area contributed by atoms with Gasteiger partial charge in [-0.15, -0.1) is 5.10 Å². The number of alkyl halides is 3. The number of halogens is 5. The van der Waals surface area contributed by atoms with Crippen LogP contribution in [0.5, 0.6) is 0 Å². The minimum atomic E-state index is -4.46. The Morgan fingerprint density at radius 2 is 1.75 bits per heavy atom. The van der Waals surface area contributed by atoms with Crippen molar-refractivity contribution in [2.75, 3.05) is 0 Å². The van der Waals surface area contributed by atoms with Crippen molar-refractivity contribution in [2.45, 2.75) is 6.18 Å². The maximum atomic E-state index is 14.1. The van der Waals surface area contributed by atoms with Crippen molar-refractivity contribution < 1.29 is 17.6 Å². The van der Waals surface area contributed by atoms with Crippen LogP contribution in [-0.4, -0.2) is 19.7 Å². The van der Waals surface area contributed by atoms with Gasteiger partial charge in [0.1, 0.15) is 11.5 Å². The second kappa shape index (κ2) is 8.32. The van der Waals surface area contributed by atoms with Crippen LogP contribution in [0, 0.1) is 17.7 Å². The number of hydrogen-bond acceptors (Lipinski definition) is 3. The summed E-state index contributed by atoms with van der Waals surface area (Å²) < 4.78 is 52.9. The van der Waals surface area contributed by atoms with Crippen LogP contribution in [0.15, 0.2) is 65.6 Å². The van der Waals surface area contributed by atoms with E-state index in [2.05, 4.69) is 26.9 Å². The Kier molecular flexibility index (Phi) is 5.55. The van der Waals surface area contributed by atoms with E-state index in [4.69, 9.17) is 11.6 Å². The van der Waals surface area contributed by atoms with E-state index in [1.807, 2.05) is 0 Å². The number of aromatic amines is 1. The van der Waals surface area contributed by atoms with E-state index >= 15 is 0 Å². The largest absolute Gasteiger partial charge is 0.417 e. The van der Waals surface area contributed by atoms with Gasteiger partial charge >= 0.3 is 11.9 Å². The van der Waals surface area contributed by atoms with Crippen LogP contribution in [0.4, 0.5) is 17.6 Å². The zero-order chi connectivity index (χ0) is 22.9. The summed E-state index contributed by atoms with van der Waals surface area (Å²) in [5, 5.41) is 4.21. The number of aromatic nitrogens is 4. The van der Waals surface area contributed by atoms with Crippen LogP contribution in [0.2, 0.25) is 5.02 Å². The van der Waals surface area contributed by atoms with Gasteiger partial charge in [-0.25, -0.2) is 14.2 Å².